The molecule has 1 aliphatic heterocycles. The molecule has 0 aliphatic carbocycles. The number of benzene rings is 1. The zero-order valence-electron chi connectivity index (χ0n) is 11.5. The van der Waals surface area contributed by atoms with Gasteiger partial charge in [-0.05, 0) is 37.1 Å². The molecule has 0 bridgehead atoms. The number of rotatable bonds is 7. The van der Waals surface area contributed by atoms with Gasteiger partial charge in [0.1, 0.15) is 12.4 Å². The van der Waals surface area contributed by atoms with Crippen LogP contribution in [0.3, 0.4) is 0 Å². The van der Waals surface area contributed by atoms with Gasteiger partial charge in [-0.25, -0.2) is 0 Å². The monoisotopic (exact) mass is 264 g/mol. The van der Waals surface area contributed by atoms with E-state index >= 15 is 0 Å². The summed E-state index contributed by atoms with van der Waals surface area (Å²) in [4.78, 5) is 2.38. The fourth-order valence-electron chi connectivity index (χ4n) is 2.21. The van der Waals surface area contributed by atoms with Gasteiger partial charge in [0, 0.05) is 19.6 Å². The van der Waals surface area contributed by atoms with Gasteiger partial charge in [-0.1, -0.05) is 12.1 Å². The summed E-state index contributed by atoms with van der Waals surface area (Å²) >= 11 is 0. The van der Waals surface area contributed by atoms with Gasteiger partial charge in [0.05, 0.1) is 13.2 Å². The Kier molecular flexibility index (Phi) is 6.14. The van der Waals surface area contributed by atoms with Crippen LogP contribution in [-0.2, 0) is 11.2 Å². The van der Waals surface area contributed by atoms with Crippen molar-refractivity contribution in [2.24, 2.45) is 5.73 Å². The maximum absolute atomic E-state index is 5.82. The second kappa shape index (κ2) is 8.15. The second-order valence-electron chi connectivity index (χ2n) is 4.84. The first kappa shape index (κ1) is 14.3. The van der Waals surface area contributed by atoms with Gasteiger partial charge in [-0.3, -0.25) is 4.90 Å². The number of nitrogens with zero attached hydrogens (tertiary/aromatic N) is 1. The fourth-order valence-corrected chi connectivity index (χ4v) is 2.21. The van der Waals surface area contributed by atoms with Gasteiger partial charge in [0.25, 0.3) is 0 Å². The third-order valence-electron chi connectivity index (χ3n) is 3.35. The van der Waals surface area contributed by atoms with Crippen molar-refractivity contribution in [2.75, 3.05) is 46.0 Å². The van der Waals surface area contributed by atoms with E-state index in [1.807, 2.05) is 6.07 Å². The van der Waals surface area contributed by atoms with Crippen molar-refractivity contribution in [3.05, 3.63) is 29.8 Å². The van der Waals surface area contributed by atoms with E-state index in [1.54, 1.807) is 0 Å². The highest BCUT2D eigenvalue weighted by atomic mass is 16.5. The Morgan fingerprint density at radius 1 is 1.26 bits per heavy atom. The van der Waals surface area contributed by atoms with E-state index < -0.39 is 0 Å². The Bertz CT molecular complexity index is 365. The molecule has 0 unspecified atom stereocenters. The molecule has 0 spiro atoms. The number of morpholine rings is 1. The Morgan fingerprint density at radius 2 is 2.11 bits per heavy atom. The number of nitrogens with two attached hydrogens (primary N) is 1. The van der Waals surface area contributed by atoms with Crippen LogP contribution in [0.15, 0.2) is 24.3 Å². The number of hydrogen-bond acceptors (Lipinski definition) is 4. The lowest BCUT2D eigenvalue weighted by Crippen LogP contribution is -2.38. The summed E-state index contributed by atoms with van der Waals surface area (Å²) in [6, 6.07) is 8.32. The first-order valence-corrected chi connectivity index (χ1v) is 7.10. The van der Waals surface area contributed by atoms with E-state index in [0.29, 0.717) is 0 Å². The summed E-state index contributed by atoms with van der Waals surface area (Å²) in [5.74, 6) is 0.961. The van der Waals surface area contributed by atoms with Crippen LogP contribution in [0.4, 0.5) is 0 Å². The Hall–Kier alpha value is -1.10. The molecule has 1 aromatic rings. The van der Waals surface area contributed by atoms with Crippen molar-refractivity contribution in [1.82, 2.24) is 4.90 Å². The molecular weight excluding hydrogens is 240 g/mol. The van der Waals surface area contributed by atoms with Crippen molar-refractivity contribution < 1.29 is 9.47 Å². The molecule has 0 radical (unpaired) electrons. The smallest absolute Gasteiger partial charge is 0.119 e. The molecule has 0 atom stereocenters. The highest BCUT2D eigenvalue weighted by Gasteiger charge is 2.09. The minimum Gasteiger partial charge on any atom is -0.492 e. The third-order valence-corrected chi connectivity index (χ3v) is 3.35. The molecule has 1 aromatic carbocycles. The molecule has 1 aliphatic rings. The van der Waals surface area contributed by atoms with Gasteiger partial charge < -0.3 is 15.2 Å². The Morgan fingerprint density at radius 3 is 2.89 bits per heavy atom. The molecule has 106 valence electrons. The molecule has 0 aromatic heterocycles. The summed E-state index contributed by atoms with van der Waals surface area (Å²) in [6.45, 7) is 6.15. The minimum absolute atomic E-state index is 0.736. The molecule has 0 amide bonds. The van der Waals surface area contributed by atoms with Crippen LogP contribution in [0.25, 0.3) is 0 Å². The number of ether oxygens (including phenoxy) is 2. The second-order valence-corrected chi connectivity index (χ2v) is 4.84. The minimum atomic E-state index is 0.736. The van der Waals surface area contributed by atoms with Crippen LogP contribution < -0.4 is 10.5 Å². The quantitative estimate of drug-likeness (QED) is 0.806. The third kappa shape index (κ3) is 5.19. The highest BCUT2D eigenvalue weighted by molar-refractivity contribution is 5.28. The summed E-state index contributed by atoms with van der Waals surface area (Å²) in [7, 11) is 0. The van der Waals surface area contributed by atoms with Crippen LogP contribution in [0, 0.1) is 0 Å². The van der Waals surface area contributed by atoms with Crippen molar-refractivity contribution >= 4 is 0 Å². The maximum atomic E-state index is 5.82. The van der Waals surface area contributed by atoms with Gasteiger partial charge in [0.15, 0.2) is 0 Å². The molecule has 1 fully saturated rings. The predicted molar refractivity (Wildman–Crippen MR) is 76.6 cm³/mol. The Balaban J connectivity index is 1.72. The Labute approximate surface area is 115 Å². The highest BCUT2D eigenvalue weighted by Crippen LogP contribution is 2.14. The standard InChI is InChI=1S/C15H24N2O2/c16-6-2-4-14-3-1-5-15(13-14)19-12-9-17-7-10-18-11-8-17/h1,3,5,13H,2,4,6-12,16H2. The number of aryl methyl sites for hydroxylation is 1. The van der Waals surface area contributed by atoms with Crippen LogP contribution in [0.5, 0.6) is 5.75 Å². The number of hydrogen-bond donors (Lipinski definition) is 1. The first-order valence-electron chi connectivity index (χ1n) is 7.10. The largest absolute Gasteiger partial charge is 0.492 e. The molecule has 2 rings (SSSR count). The summed E-state index contributed by atoms with van der Waals surface area (Å²) in [5.41, 5.74) is 6.83. The summed E-state index contributed by atoms with van der Waals surface area (Å²) in [6.07, 6.45) is 2.05. The van der Waals surface area contributed by atoms with Gasteiger partial charge in [-0.2, -0.15) is 0 Å². The maximum Gasteiger partial charge on any atom is 0.119 e. The average molecular weight is 264 g/mol. The SMILES string of the molecule is NCCCc1cccc(OCCN2CCOCC2)c1. The van der Waals surface area contributed by atoms with E-state index in [0.717, 1.165) is 64.6 Å². The lowest BCUT2D eigenvalue weighted by atomic mass is 10.1. The van der Waals surface area contributed by atoms with Gasteiger partial charge >= 0.3 is 0 Å². The molecule has 1 heterocycles. The summed E-state index contributed by atoms with van der Waals surface area (Å²) < 4.78 is 11.1. The summed E-state index contributed by atoms with van der Waals surface area (Å²) in [5, 5.41) is 0. The van der Waals surface area contributed by atoms with E-state index in [1.165, 1.54) is 5.56 Å². The molecule has 0 saturated carbocycles. The molecule has 2 N–H and O–H groups in total. The fraction of sp³-hybridized carbons (Fsp3) is 0.600. The van der Waals surface area contributed by atoms with Crippen molar-refractivity contribution in [1.29, 1.82) is 0 Å². The van der Waals surface area contributed by atoms with Crippen LogP contribution in [0.2, 0.25) is 0 Å². The van der Waals surface area contributed by atoms with E-state index in [4.69, 9.17) is 15.2 Å². The van der Waals surface area contributed by atoms with Gasteiger partial charge in [0.2, 0.25) is 0 Å². The average Bonchev–Trinajstić information content (AvgIpc) is 2.47. The zero-order valence-corrected chi connectivity index (χ0v) is 11.5. The van der Waals surface area contributed by atoms with E-state index in [2.05, 4.69) is 23.1 Å². The zero-order chi connectivity index (χ0) is 13.3. The van der Waals surface area contributed by atoms with Crippen molar-refractivity contribution in [3.63, 3.8) is 0 Å². The van der Waals surface area contributed by atoms with E-state index in [9.17, 15) is 0 Å². The van der Waals surface area contributed by atoms with Crippen molar-refractivity contribution in [3.8, 4) is 5.75 Å². The molecular formula is C15H24N2O2. The van der Waals surface area contributed by atoms with Crippen LogP contribution in [0.1, 0.15) is 12.0 Å². The van der Waals surface area contributed by atoms with Crippen LogP contribution in [-0.4, -0.2) is 50.9 Å². The predicted octanol–water partition coefficient (Wildman–Crippen LogP) is 1.29. The van der Waals surface area contributed by atoms with Crippen LogP contribution >= 0.6 is 0 Å². The molecule has 19 heavy (non-hydrogen) atoms. The van der Waals surface area contributed by atoms with Gasteiger partial charge in [-0.15, -0.1) is 0 Å². The topological polar surface area (TPSA) is 47.7 Å². The lowest BCUT2D eigenvalue weighted by Gasteiger charge is -2.26. The van der Waals surface area contributed by atoms with E-state index in [-0.39, 0.29) is 0 Å². The van der Waals surface area contributed by atoms with Crippen molar-refractivity contribution in [2.45, 2.75) is 12.8 Å². The lowest BCUT2D eigenvalue weighted by molar-refractivity contribution is 0.0322. The first-order chi connectivity index (χ1) is 9.38. The normalized spacial score (nSPS) is 16.5. The molecule has 4 nitrogen and oxygen atoms in total. The molecule has 1 saturated heterocycles. The molecule has 4 heteroatoms.